The molecule has 0 saturated heterocycles. The molecule has 4 aromatic rings. The number of aliphatic carboxylic acids is 1. The van der Waals surface area contributed by atoms with Crippen molar-refractivity contribution in [3.05, 3.63) is 122 Å². The highest BCUT2D eigenvalue weighted by atomic mass is 19.4. The minimum Gasteiger partial charge on any atom is -0.481 e. The topological polar surface area (TPSA) is 101 Å². The van der Waals surface area contributed by atoms with E-state index in [1.54, 1.807) is 45.9 Å². The van der Waals surface area contributed by atoms with Crippen LogP contribution in [0.2, 0.25) is 0 Å². The number of carbonyl (C=O) groups excluding carboxylic acids is 1. The molecule has 0 saturated carbocycles. The number of halogens is 5. The van der Waals surface area contributed by atoms with E-state index < -0.39 is 59.3 Å². The maximum Gasteiger partial charge on any atom is 0.416 e. The molecule has 0 unspecified atom stereocenters. The molecule has 51 heavy (non-hydrogen) atoms. The molecule has 2 N–H and O–H groups in total. The molecule has 2 heterocycles. The van der Waals surface area contributed by atoms with Crippen molar-refractivity contribution in [2.75, 3.05) is 0 Å². The maximum atomic E-state index is 16.1. The first-order valence-corrected chi connectivity index (χ1v) is 16.3. The van der Waals surface area contributed by atoms with Gasteiger partial charge < -0.3 is 15.0 Å². The summed E-state index contributed by atoms with van der Waals surface area (Å²) in [4.78, 5) is 43.7. The van der Waals surface area contributed by atoms with Gasteiger partial charge in [-0.05, 0) is 110 Å². The van der Waals surface area contributed by atoms with Crippen LogP contribution in [0.5, 0.6) is 0 Å². The van der Waals surface area contributed by atoms with Crippen molar-refractivity contribution in [3.63, 3.8) is 0 Å². The predicted molar refractivity (Wildman–Crippen MR) is 183 cm³/mol. The Labute approximate surface area is 292 Å². The van der Waals surface area contributed by atoms with Crippen LogP contribution in [0.3, 0.4) is 0 Å². The SMILES string of the molecule is CC#Cc1cc(-c2c(C)cc(F)cc2C)cc([C@@H](CC(=O)O)NC(=O)[C@H](CC(C)C)n2cc(CCc3ccccn3)c(C(F)(F)F)cc2=O)c1F. The molecule has 1 amide bonds. The van der Waals surface area contributed by atoms with Crippen molar-refractivity contribution in [1.82, 2.24) is 14.9 Å². The summed E-state index contributed by atoms with van der Waals surface area (Å²) in [5.41, 5.74) is -0.229. The first kappa shape index (κ1) is 38.5. The number of carboxylic acid groups (broad SMARTS) is 1. The molecule has 0 spiro atoms. The maximum absolute atomic E-state index is 16.1. The highest BCUT2D eigenvalue weighted by Gasteiger charge is 2.36. The lowest BCUT2D eigenvalue weighted by Gasteiger charge is -2.27. The largest absolute Gasteiger partial charge is 0.481 e. The van der Waals surface area contributed by atoms with Crippen LogP contribution in [0.1, 0.15) is 84.8 Å². The number of benzene rings is 2. The van der Waals surface area contributed by atoms with Crippen LogP contribution < -0.4 is 10.9 Å². The number of aryl methyl sites for hydroxylation is 4. The molecule has 2 aromatic heterocycles. The number of nitrogens with one attached hydrogen (secondary N) is 1. The number of carboxylic acids is 1. The zero-order valence-corrected chi connectivity index (χ0v) is 28.8. The predicted octanol–water partition coefficient (Wildman–Crippen LogP) is 7.90. The van der Waals surface area contributed by atoms with Crippen molar-refractivity contribution < 1.29 is 36.6 Å². The summed E-state index contributed by atoms with van der Waals surface area (Å²) in [6.07, 6.45) is -3.15. The van der Waals surface area contributed by atoms with Crippen LogP contribution in [-0.2, 0) is 28.6 Å². The Balaban J connectivity index is 1.83. The summed E-state index contributed by atoms with van der Waals surface area (Å²) in [6.45, 7) is 8.31. The number of alkyl halides is 3. The summed E-state index contributed by atoms with van der Waals surface area (Å²) in [5, 5.41) is 12.4. The van der Waals surface area contributed by atoms with Gasteiger partial charge in [0.25, 0.3) is 5.56 Å². The summed E-state index contributed by atoms with van der Waals surface area (Å²) >= 11 is 0. The second kappa shape index (κ2) is 16.1. The molecule has 0 aliphatic rings. The molecule has 4 rings (SSSR count). The highest BCUT2D eigenvalue weighted by molar-refractivity contribution is 5.82. The fourth-order valence-electron chi connectivity index (χ4n) is 6.22. The molecular formula is C39H38F5N3O4. The van der Waals surface area contributed by atoms with Crippen molar-refractivity contribution in [3.8, 4) is 23.0 Å². The highest BCUT2D eigenvalue weighted by Crippen LogP contribution is 2.35. The van der Waals surface area contributed by atoms with E-state index in [1.807, 2.05) is 0 Å². The molecule has 7 nitrogen and oxygen atoms in total. The van der Waals surface area contributed by atoms with Gasteiger partial charge in [0.05, 0.1) is 23.6 Å². The minimum absolute atomic E-state index is 0.0143. The third kappa shape index (κ3) is 9.48. The van der Waals surface area contributed by atoms with Gasteiger partial charge in [-0.25, -0.2) is 8.78 Å². The number of amides is 1. The van der Waals surface area contributed by atoms with Crippen LogP contribution in [-0.4, -0.2) is 26.5 Å². The molecule has 12 heteroatoms. The second-order valence-corrected chi connectivity index (χ2v) is 12.8. The van der Waals surface area contributed by atoms with Crippen molar-refractivity contribution in [2.24, 2.45) is 5.92 Å². The Kier molecular flexibility index (Phi) is 12.2. The number of hydrogen-bond donors (Lipinski definition) is 2. The van der Waals surface area contributed by atoms with Crippen LogP contribution in [0.4, 0.5) is 22.0 Å². The Bertz CT molecular complexity index is 2020. The summed E-state index contributed by atoms with van der Waals surface area (Å²) in [5.74, 6) is 1.40. The zero-order valence-electron chi connectivity index (χ0n) is 28.8. The normalized spacial score (nSPS) is 12.6. The lowest BCUT2D eigenvalue weighted by Crippen LogP contribution is -2.40. The fourth-order valence-corrected chi connectivity index (χ4v) is 6.22. The molecule has 0 radical (unpaired) electrons. The quantitative estimate of drug-likeness (QED) is 0.115. The van der Waals surface area contributed by atoms with E-state index in [4.69, 9.17) is 0 Å². The summed E-state index contributed by atoms with van der Waals surface area (Å²) < 4.78 is 73.6. The van der Waals surface area contributed by atoms with Gasteiger partial charge in [-0.2, -0.15) is 13.2 Å². The molecule has 0 fully saturated rings. The van der Waals surface area contributed by atoms with E-state index in [9.17, 15) is 37.1 Å². The van der Waals surface area contributed by atoms with E-state index in [-0.39, 0.29) is 41.9 Å². The number of rotatable bonds is 12. The Morgan fingerprint density at radius 1 is 1.02 bits per heavy atom. The van der Waals surface area contributed by atoms with Crippen molar-refractivity contribution in [2.45, 2.75) is 78.6 Å². The summed E-state index contributed by atoms with van der Waals surface area (Å²) in [6, 6.07) is 8.04. The lowest BCUT2D eigenvalue weighted by molar-refractivity contribution is -0.139. The van der Waals surface area contributed by atoms with Gasteiger partial charge in [-0.3, -0.25) is 19.4 Å². The van der Waals surface area contributed by atoms with Crippen LogP contribution >= 0.6 is 0 Å². The van der Waals surface area contributed by atoms with E-state index in [0.29, 0.717) is 34.0 Å². The zero-order chi connectivity index (χ0) is 37.6. The van der Waals surface area contributed by atoms with Crippen molar-refractivity contribution in [1.29, 1.82) is 0 Å². The van der Waals surface area contributed by atoms with Gasteiger partial charge in [0, 0.05) is 29.7 Å². The number of carbonyl (C=O) groups is 2. The Hall–Kier alpha value is -5.31. The van der Waals surface area contributed by atoms with Crippen LogP contribution in [0.15, 0.2) is 65.7 Å². The minimum atomic E-state index is -4.86. The van der Waals surface area contributed by atoms with E-state index in [0.717, 1.165) is 10.8 Å². The monoisotopic (exact) mass is 707 g/mol. The fraction of sp³-hybridized carbons (Fsp3) is 0.333. The number of hydrogen-bond acceptors (Lipinski definition) is 4. The van der Waals surface area contributed by atoms with Crippen LogP contribution in [0, 0.1) is 43.2 Å². The van der Waals surface area contributed by atoms with Crippen molar-refractivity contribution >= 4 is 11.9 Å². The number of aromatic nitrogens is 2. The molecule has 2 atom stereocenters. The van der Waals surface area contributed by atoms with Gasteiger partial charge in [0.2, 0.25) is 5.91 Å². The lowest BCUT2D eigenvalue weighted by atomic mass is 9.90. The van der Waals surface area contributed by atoms with Gasteiger partial charge in [0.15, 0.2) is 0 Å². The molecule has 0 bridgehead atoms. The smallest absolute Gasteiger partial charge is 0.416 e. The Morgan fingerprint density at radius 2 is 1.71 bits per heavy atom. The van der Waals surface area contributed by atoms with Gasteiger partial charge >= 0.3 is 12.1 Å². The third-order valence-corrected chi connectivity index (χ3v) is 8.40. The molecular weight excluding hydrogens is 669 g/mol. The third-order valence-electron chi connectivity index (χ3n) is 8.40. The second-order valence-electron chi connectivity index (χ2n) is 12.8. The standard InChI is InChI=1S/C39H38F5N3O4/c1-6-9-25-17-27(36-23(4)15-28(40)16-24(36)5)18-30(37(25)41)32(20-35(49)50)46-38(51)33(14-22(2)3)47-21-26(11-12-29-10-7-8-13-45-29)31(19-34(47)48)39(42,43)44/h7-8,10,13,15-19,21-22,32-33H,11-12,14,20H2,1-5H3,(H,46,51)(H,49,50)/t32-,33+/m1/s1. The Morgan fingerprint density at radius 3 is 2.27 bits per heavy atom. The molecule has 0 aliphatic heterocycles. The summed E-state index contributed by atoms with van der Waals surface area (Å²) in [7, 11) is 0. The first-order valence-electron chi connectivity index (χ1n) is 16.3. The van der Waals surface area contributed by atoms with Gasteiger partial charge in [-0.1, -0.05) is 25.8 Å². The number of pyridine rings is 2. The number of nitrogens with zero attached hydrogens (tertiary/aromatic N) is 2. The van der Waals surface area contributed by atoms with Gasteiger partial charge in [-0.15, -0.1) is 5.92 Å². The average molecular weight is 708 g/mol. The molecule has 0 aliphatic carbocycles. The van der Waals surface area contributed by atoms with Crippen LogP contribution in [0.25, 0.3) is 11.1 Å². The van der Waals surface area contributed by atoms with E-state index in [2.05, 4.69) is 22.1 Å². The first-order chi connectivity index (χ1) is 24.0. The average Bonchev–Trinajstić information content (AvgIpc) is 3.03. The molecule has 2 aromatic carbocycles. The van der Waals surface area contributed by atoms with Gasteiger partial charge in [0.1, 0.15) is 17.7 Å². The van der Waals surface area contributed by atoms with E-state index in [1.165, 1.54) is 37.4 Å². The molecule has 268 valence electrons. The van der Waals surface area contributed by atoms with E-state index >= 15 is 4.39 Å².